The monoisotopic (exact) mass is 362 g/mol. The molecule has 2 heterocycles. The highest BCUT2D eigenvalue weighted by Crippen LogP contribution is 2.21. The lowest BCUT2D eigenvalue weighted by Gasteiger charge is -2.35. The SMILES string of the molecule is Cc1cc(C)c2oc(C(=O)N3CCN(c4ccccc4)CC3)cc(=O)c2c1. The third kappa shape index (κ3) is 3.33. The second-order valence-electron chi connectivity index (χ2n) is 7.05. The summed E-state index contributed by atoms with van der Waals surface area (Å²) in [6.45, 7) is 6.55. The molecule has 1 saturated heterocycles. The van der Waals surface area contributed by atoms with Crippen LogP contribution in [0.1, 0.15) is 21.7 Å². The first-order valence-corrected chi connectivity index (χ1v) is 9.17. The molecular weight excluding hydrogens is 340 g/mol. The molecular formula is C22H22N2O3. The summed E-state index contributed by atoms with van der Waals surface area (Å²) in [6.07, 6.45) is 0. The van der Waals surface area contributed by atoms with E-state index in [1.54, 1.807) is 11.0 Å². The lowest BCUT2D eigenvalue weighted by molar-refractivity contribution is 0.0715. The number of aryl methyl sites for hydroxylation is 2. The fourth-order valence-electron chi connectivity index (χ4n) is 3.68. The number of benzene rings is 2. The van der Waals surface area contributed by atoms with E-state index in [2.05, 4.69) is 17.0 Å². The number of rotatable bonds is 2. The molecule has 0 spiro atoms. The molecule has 3 aromatic rings. The standard InChI is InChI=1S/C22H22N2O3/c1-15-12-16(2)21-18(13-15)19(25)14-20(27-21)22(26)24-10-8-23(9-11-24)17-6-4-3-5-7-17/h3-7,12-14H,8-11H2,1-2H3. The molecule has 0 N–H and O–H groups in total. The van der Waals surface area contributed by atoms with Crippen LogP contribution in [0.2, 0.25) is 0 Å². The van der Waals surface area contributed by atoms with E-state index in [-0.39, 0.29) is 17.1 Å². The minimum absolute atomic E-state index is 0.118. The maximum atomic E-state index is 12.9. The summed E-state index contributed by atoms with van der Waals surface area (Å²) in [5.41, 5.74) is 3.36. The minimum atomic E-state index is -0.221. The van der Waals surface area contributed by atoms with Crippen molar-refractivity contribution < 1.29 is 9.21 Å². The van der Waals surface area contributed by atoms with Gasteiger partial charge in [0.05, 0.1) is 5.39 Å². The number of carbonyl (C=O) groups is 1. The molecule has 2 aromatic carbocycles. The molecule has 4 rings (SSSR count). The van der Waals surface area contributed by atoms with Crippen molar-refractivity contribution in [3.05, 3.63) is 75.6 Å². The van der Waals surface area contributed by atoms with Crippen LogP contribution in [-0.4, -0.2) is 37.0 Å². The molecule has 1 aliphatic heterocycles. The fraction of sp³-hybridized carbons (Fsp3) is 0.273. The van der Waals surface area contributed by atoms with Gasteiger partial charge in [-0.1, -0.05) is 24.3 Å². The molecule has 1 fully saturated rings. The molecule has 1 aromatic heterocycles. The predicted molar refractivity (Wildman–Crippen MR) is 107 cm³/mol. The molecule has 0 aliphatic carbocycles. The Morgan fingerprint density at radius 1 is 0.963 bits per heavy atom. The van der Waals surface area contributed by atoms with Crippen LogP contribution >= 0.6 is 0 Å². The number of carbonyl (C=O) groups excluding carboxylic acids is 1. The normalized spacial score (nSPS) is 14.6. The number of anilines is 1. The Balaban J connectivity index is 1.56. The highest BCUT2D eigenvalue weighted by Gasteiger charge is 2.24. The molecule has 27 heavy (non-hydrogen) atoms. The maximum Gasteiger partial charge on any atom is 0.289 e. The van der Waals surface area contributed by atoms with Crippen LogP contribution in [0.15, 0.2) is 57.7 Å². The highest BCUT2D eigenvalue weighted by molar-refractivity contribution is 5.93. The zero-order chi connectivity index (χ0) is 19.0. The van der Waals surface area contributed by atoms with Crippen LogP contribution in [-0.2, 0) is 0 Å². The number of amides is 1. The van der Waals surface area contributed by atoms with Gasteiger partial charge < -0.3 is 14.2 Å². The molecule has 0 bridgehead atoms. The number of piperazine rings is 1. The molecule has 1 amide bonds. The van der Waals surface area contributed by atoms with Gasteiger partial charge in [-0.2, -0.15) is 0 Å². The van der Waals surface area contributed by atoms with E-state index in [4.69, 9.17) is 4.42 Å². The van der Waals surface area contributed by atoms with Crippen molar-refractivity contribution in [1.82, 2.24) is 4.90 Å². The molecule has 5 heteroatoms. The van der Waals surface area contributed by atoms with Gasteiger partial charge >= 0.3 is 0 Å². The van der Waals surface area contributed by atoms with E-state index < -0.39 is 0 Å². The van der Waals surface area contributed by atoms with Crippen molar-refractivity contribution in [1.29, 1.82) is 0 Å². The Bertz CT molecular complexity index is 1050. The first-order chi connectivity index (χ1) is 13.0. The first kappa shape index (κ1) is 17.3. The second kappa shape index (κ2) is 6.91. The Morgan fingerprint density at radius 3 is 2.37 bits per heavy atom. The molecule has 0 atom stereocenters. The van der Waals surface area contributed by atoms with E-state index in [9.17, 15) is 9.59 Å². The summed E-state index contributed by atoms with van der Waals surface area (Å²) in [5.74, 6) is -0.102. The summed E-state index contributed by atoms with van der Waals surface area (Å²) in [5, 5.41) is 0.526. The third-order valence-electron chi connectivity index (χ3n) is 5.06. The summed E-state index contributed by atoms with van der Waals surface area (Å²) in [7, 11) is 0. The van der Waals surface area contributed by atoms with Crippen LogP contribution in [0.3, 0.4) is 0 Å². The van der Waals surface area contributed by atoms with Crippen molar-refractivity contribution in [2.45, 2.75) is 13.8 Å². The summed E-state index contributed by atoms with van der Waals surface area (Å²) >= 11 is 0. The van der Waals surface area contributed by atoms with Gasteiger partial charge in [0.25, 0.3) is 5.91 Å². The maximum absolute atomic E-state index is 12.9. The number of fused-ring (bicyclic) bond motifs is 1. The summed E-state index contributed by atoms with van der Waals surface area (Å²) in [6, 6.07) is 15.3. The summed E-state index contributed by atoms with van der Waals surface area (Å²) in [4.78, 5) is 29.4. The number of para-hydroxylation sites is 1. The second-order valence-corrected chi connectivity index (χ2v) is 7.05. The highest BCUT2D eigenvalue weighted by atomic mass is 16.3. The van der Waals surface area contributed by atoms with Crippen LogP contribution in [0, 0.1) is 13.8 Å². The molecule has 5 nitrogen and oxygen atoms in total. The lowest BCUT2D eigenvalue weighted by Crippen LogP contribution is -2.48. The van der Waals surface area contributed by atoms with Gasteiger partial charge in [-0.25, -0.2) is 0 Å². The minimum Gasteiger partial charge on any atom is -0.450 e. The zero-order valence-corrected chi connectivity index (χ0v) is 15.6. The first-order valence-electron chi connectivity index (χ1n) is 9.17. The predicted octanol–water partition coefficient (Wildman–Crippen LogP) is 3.37. The van der Waals surface area contributed by atoms with Crippen LogP contribution in [0.5, 0.6) is 0 Å². The molecule has 1 aliphatic rings. The van der Waals surface area contributed by atoms with Crippen molar-refractivity contribution >= 4 is 22.6 Å². The van der Waals surface area contributed by atoms with E-state index in [1.165, 1.54) is 6.07 Å². The Morgan fingerprint density at radius 2 is 1.67 bits per heavy atom. The Labute approximate surface area is 157 Å². The van der Waals surface area contributed by atoms with E-state index >= 15 is 0 Å². The number of hydrogen-bond acceptors (Lipinski definition) is 4. The van der Waals surface area contributed by atoms with Crippen LogP contribution in [0.25, 0.3) is 11.0 Å². The van der Waals surface area contributed by atoms with Crippen molar-refractivity contribution in [3.63, 3.8) is 0 Å². The zero-order valence-electron chi connectivity index (χ0n) is 15.6. The topological polar surface area (TPSA) is 53.8 Å². The summed E-state index contributed by atoms with van der Waals surface area (Å²) < 4.78 is 5.85. The van der Waals surface area contributed by atoms with Gasteiger partial charge in [-0.05, 0) is 43.2 Å². The third-order valence-corrected chi connectivity index (χ3v) is 5.06. The fourth-order valence-corrected chi connectivity index (χ4v) is 3.68. The smallest absolute Gasteiger partial charge is 0.289 e. The molecule has 0 radical (unpaired) electrons. The van der Waals surface area contributed by atoms with E-state index in [0.29, 0.717) is 24.1 Å². The largest absolute Gasteiger partial charge is 0.450 e. The molecule has 0 unspecified atom stereocenters. The quantitative estimate of drug-likeness (QED) is 0.701. The van der Waals surface area contributed by atoms with Gasteiger partial charge in [0.1, 0.15) is 5.58 Å². The van der Waals surface area contributed by atoms with Crippen LogP contribution in [0.4, 0.5) is 5.69 Å². The number of hydrogen-bond donors (Lipinski definition) is 0. The van der Waals surface area contributed by atoms with Gasteiger partial charge in [0, 0.05) is 37.9 Å². The molecule has 0 saturated carbocycles. The van der Waals surface area contributed by atoms with Crippen molar-refractivity contribution in [2.75, 3.05) is 31.1 Å². The van der Waals surface area contributed by atoms with Gasteiger partial charge in [-0.3, -0.25) is 9.59 Å². The number of nitrogens with zero attached hydrogens (tertiary/aromatic N) is 2. The average Bonchev–Trinajstić information content (AvgIpc) is 2.69. The van der Waals surface area contributed by atoms with Gasteiger partial charge in [-0.15, -0.1) is 0 Å². The van der Waals surface area contributed by atoms with Crippen molar-refractivity contribution in [3.8, 4) is 0 Å². The van der Waals surface area contributed by atoms with E-state index in [0.717, 1.165) is 29.9 Å². The Kier molecular flexibility index (Phi) is 4.44. The molecule has 138 valence electrons. The van der Waals surface area contributed by atoms with Gasteiger partial charge in [0.2, 0.25) is 0 Å². The lowest BCUT2D eigenvalue weighted by atomic mass is 10.1. The Hall–Kier alpha value is -3.08. The van der Waals surface area contributed by atoms with Crippen molar-refractivity contribution in [2.24, 2.45) is 0 Å². The van der Waals surface area contributed by atoms with E-state index in [1.807, 2.05) is 38.1 Å². The average molecular weight is 362 g/mol. The van der Waals surface area contributed by atoms with Gasteiger partial charge in [0.15, 0.2) is 11.2 Å². The van der Waals surface area contributed by atoms with Crippen LogP contribution < -0.4 is 10.3 Å².